The van der Waals surface area contributed by atoms with Crippen molar-refractivity contribution < 1.29 is 9.53 Å². The topological polar surface area (TPSA) is 41.9 Å². The number of halogens is 4. The Labute approximate surface area is 205 Å². The summed E-state index contributed by atoms with van der Waals surface area (Å²) in [5.74, 6) is 0.106. The number of hydrazone groups is 1. The number of nitrogens with zero attached hydrogens (tertiary/aromatic N) is 2. The van der Waals surface area contributed by atoms with E-state index >= 15 is 0 Å². The van der Waals surface area contributed by atoms with Crippen molar-refractivity contribution in [3.63, 3.8) is 0 Å². The number of amides is 1. The lowest BCUT2D eigenvalue weighted by molar-refractivity contribution is -0.114. The molecule has 3 aromatic rings. The van der Waals surface area contributed by atoms with E-state index in [0.717, 1.165) is 5.56 Å². The first-order valence-electron chi connectivity index (χ1n) is 9.56. The van der Waals surface area contributed by atoms with E-state index in [1.807, 2.05) is 30.3 Å². The summed E-state index contributed by atoms with van der Waals surface area (Å²) < 4.78 is 5.81. The zero-order valence-corrected chi connectivity index (χ0v) is 19.8. The zero-order valence-electron chi connectivity index (χ0n) is 16.8. The fourth-order valence-electron chi connectivity index (χ4n) is 3.18. The van der Waals surface area contributed by atoms with Crippen LogP contribution >= 0.6 is 46.4 Å². The monoisotopic (exact) mass is 504 g/mol. The molecule has 32 heavy (non-hydrogen) atoms. The van der Waals surface area contributed by atoms with Gasteiger partial charge in [0.15, 0.2) is 5.75 Å². The largest absolute Gasteiger partial charge is 0.486 e. The maximum Gasteiger partial charge on any atom is 0.280 e. The van der Waals surface area contributed by atoms with Gasteiger partial charge < -0.3 is 4.74 Å². The van der Waals surface area contributed by atoms with Crippen LogP contribution in [0.3, 0.4) is 0 Å². The molecule has 0 N–H and O–H groups in total. The predicted octanol–water partition coefficient (Wildman–Crippen LogP) is 7.69. The highest BCUT2D eigenvalue weighted by atomic mass is 35.5. The Morgan fingerprint density at radius 2 is 1.62 bits per heavy atom. The van der Waals surface area contributed by atoms with Crippen molar-refractivity contribution in [3.8, 4) is 5.75 Å². The van der Waals surface area contributed by atoms with Crippen molar-refractivity contribution in [1.29, 1.82) is 0 Å². The van der Waals surface area contributed by atoms with E-state index in [0.29, 0.717) is 48.4 Å². The average Bonchev–Trinajstić information content (AvgIpc) is 3.03. The molecule has 0 saturated carbocycles. The molecule has 0 spiro atoms. The lowest BCUT2D eigenvalue weighted by atomic mass is 10.1. The lowest BCUT2D eigenvalue weighted by Crippen LogP contribution is -2.21. The van der Waals surface area contributed by atoms with E-state index in [9.17, 15) is 4.79 Å². The van der Waals surface area contributed by atoms with Gasteiger partial charge in [-0.2, -0.15) is 10.1 Å². The zero-order chi connectivity index (χ0) is 22.8. The van der Waals surface area contributed by atoms with Crippen LogP contribution in [-0.4, -0.2) is 11.6 Å². The molecule has 1 aliphatic heterocycles. The third kappa shape index (κ3) is 4.79. The molecule has 4 rings (SSSR count). The summed E-state index contributed by atoms with van der Waals surface area (Å²) >= 11 is 25.0. The van der Waals surface area contributed by atoms with Crippen LogP contribution < -0.4 is 9.75 Å². The van der Waals surface area contributed by atoms with Crippen molar-refractivity contribution in [2.24, 2.45) is 5.10 Å². The number of anilines is 1. The molecule has 0 atom stereocenters. The number of para-hydroxylation sites is 1. The van der Waals surface area contributed by atoms with Crippen LogP contribution in [0.25, 0.3) is 6.08 Å². The molecular formula is C24H16Cl4N2O2. The standard InChI is InChI=1S/C24H16Cl4N2O2/c1-14-19(24(31)30(29-14)18-5-3-2-4-6-18)9-15-10-21(27)23(22(28)11-15)32-13-16-7-8-17(25)12-20(16)26/h2-12H,13H2,1H3/b19-9+. The second kappa shape index (κ2) is 9.55. The Balaban J connectivity index is 1.56. The fourth-order valence-corrected chi connectivity index (χ4v) is 4.26. The van der Waals surface area contributed by atoms with Gasteiger partial charge in [0.1, 0.15) is 6.61 Å². The van der Waals surface area contributed by atoms with Gasteiger partial charge in [0.2, 0.25) is 0 Å². The first-order valence-corrected chi connectivity index (χ1v) is 11.1. The molecule has 1 aliphatic rings. The van der Waals surface area contributed by atoms with Gasteiger partial charge in [-0.05, 0) is 55.0 Å². The normalized spacial score (nSPS) is 14.8. The van der Waals surface area contributed by atoms with Crippen LogP contribution in [0, 0.1) is 0 Å². The summed E-state index contributed by atoms with van der Waals surface area (Å²) in [6, 6.07) is 17.7. The van der Waals surface area contributed by atoms with Crippen molar-refractivity contribution in [1.82, 2.24) is 0 Å². The van der Waals surface area contributed by atoms with Gasteiger partial charge in [0.25, 0.3) is 5.91 Å². The van der Waals surface area contributed by atoms with Gasteiger partial charge in [0.05, 0.1) is 27.0 Å². The molecule has 8 heteroatoms. The summed E-state index contributed by atoms with van der Waals surface area (Å²) in [7, 11) is 0. The van der Waals surface area contributed by atoms with Crippen LogP contribution in [0.15, 0.2) is 71.3 Å². The summed E-state index contributed by atoms with van der Waals surface area (Å²) in [5.41, 5.74) is 3.16. The fraction of sp³-hybridized carbons (Fsp3) is 0.0833. The van der Waals surface area contributed by atoms with E-state index < -0.39 is 0 Å². The van der Waals surface area contributed by atoms with Crippen molar-refractivity contribution in [3.05, 3.63) is 97.5 Å². The number of hydrogen-bond acceptors (Lipinski definition) is 3. The van der Waals surface area contributed by atoms with Crippen molar-refractivity contribution in [2.45, 2.75) is 13.5 Å². The highest BCUT2D eigenvalue weighted by Crippen LogP contribution is 2.36. The molecule has 0 unspecified atom stereocenters. The minimum Gasteiger partial charge on any atom is -0.486 e. The summed E-state index contributed by atoms with van der Waals surface area (Å²) in [5, 5.41) is 7.41. The first kappa shape index (κ1) is 22.7. The van der Waals surface area contributed by atoms with Gasteiger partial charge in [-0.1, -0.05) is 70.7 Å². The second-order valence-electron chi connectivity index (χ2n) is 7.03. The number of carbonyl (C=O) groups is 1. The average molecular weight is 506 g/mol. The molecule has 162 valence electrons. The minimum atomic E-state index is -0.223. The number of carbonyl (C=O) groups excluding carboxylic acids is 1. The van der Waals surface area contributed by atoms with E-state index in [4.69, 9.17) is 51.1 Å². The Morgan fingerprint density at radius 3 is 2.28 bits per heavy atom. The number of ether oxygens (including phenoxy) is 1. The first-order chi connectivity index (χ1) is 15.3. The Morgan fingerprint density at radius 1 is 0.938 bits per heavy atom. The summed E-state index contributed by atoms with van der Waals surface area (Å²) in [6.45, 7) is 1.95. The van der Waals surface area contributed by atoms with E-state index in [1.54, 1.807) is 43.3 Å². The molecule has 0 saturated heterocycles. The highest BCUT2D eigenvalue weighted by Gasteiger charge is 2.28. The summed E-state index contributed by atoms with van der Waals surface area (Å²) in [4.78, 5) is 12.9. The molecule has 0 radical (unpaired) electrons. The molecule has 0 bridgehead atoms. The molecule has 0 aliphatic carbocycles. The lowest BCUT2D eigenvalue weighted by Gasteiger charge is -2.13. The Bertz CT molecular complexity index is 1230. The van der Waals surface area contributed by atoms with Crippen molar-refractivity contribution in [2.75, 3.05) is 5.01 Å². The van der Waals surface area contributed by atoms with Gasteiger partial charge in [0, 0.05) is 15.6 Å². The van der Waals surface area contributed by atoms with E-state index in [-0.39, 0.29) is 12.5 Å². The third-order valence-electron chi connectivity index (χ3n) is 4.78. The molecule has 1 amide bonds. The molecule has 1 heterocycles. The predicted molar refractivity (Wildman–Crippen MR) is 132 cm³/mol. The van der Waals surface area contributed by atoms with Crippen LogP contribution in [0.1, 0.15) is 18.1 Å². The van der Waals surface area contributed by atoms with Crippen LogP contribution in [0.5, 0.6) is 5.75 Å². The van der Waals surface area contributed by atoms with E-state index in [1.165, 1.54) is 5.01 Å². The minimum absolute atomic E-state index is 0.173. The maximum absolute atomic E-state index is 12.9. The Hall–Kier alpha value is -2.50. The third-order valence-corrected chi connectivity index (χ3v) is 5.93. The molecule has 0 fully saturated rings. The molecule has 0 aromatic heterocycles. The van der Waals surface area contributed by atoms with Gasteiger partial charge in [-0.15, -0.1) is 0 Å². The smallest absolute Gasteiger partial charge is 0.280 e. The molecule has 3 aromatic carbocycles. The van der Waals surface area contributed by atoms with Crippen LogP contribution in [0.4, 0.5) is 5.69 Å². The maximum atomic E-state index is 12.9. The van der Waals surface area contributed by atoms with Gasteiger partial charge >= 0.3 is 0 Å². The Kier molecular flexibility index (Phi) is 6.77. The van der Waals surface area contributed by atoms with Crippen LogP contribution in [-0.2, 0) is 11.4 Å². The SMILES string of the molecule is CC1=NN(c2ccccc2)C(=O)/C1=C/c1cc(Cl)c(OCc2ccc(Cl)cc2Cl)c(Cl)c1. The second-order valence-corrected chi connectivity index (χ2v) is 8.69. The molecule has 4 nitrogen and oxygen atoms in total. The molecular weight excluding hydrogens is 490 g/mol. The number of benzene rings is 3. The quantitative estimate of drug-likeness (QED) is 0.333. The van der Waals surface area contributed by atoms with E-state index in [2.05, 4.69) is 5.10 Å². The van der Waals surface area contributed by atoms with Gasteiger partial charge in [-0.25, -0.2) is 0 Å². The van der Waals surface area contributed by atoms with Gasteiger partial charge in [-0.3, -0.25) is 4.79 Å². The highest BCUT2D eigenvalue weighted by molar-refractivity contribution is 6.38. The van der Waals surface area contributed by atoms with Crippen molar-refractivity contribution >= 4 is 69.8 Å². The summed E-state index contributed by atoms with van der Waals surface area (Å²) in [6.07, 6.45) is 1.71. The number of hydrogen-bond donors (Lipinski definition) is 0. The van der Waals surface area contributed by atoms with Crippen LogP contribution in [0.2, 0.25) is 20.1 Å². The number of rotatable bonds is 5.